The van der Waals surface area contributed by atoms with Crippen LogP contribution in [0.4, 0.5) is 5.82 Å². The smallest absolute Gasteiger partial charge is 0.246 e. The molecule has 0 spiro atoms. The van der Waals surface area contributed by atoms with Crippen LogP contribution in [0.25, 0.3) is 10.2 Å². The van der Waals surface area contributed by atoms with Gasteiger partial charge in [0.1, 0.15) is 23.1 Å². The molecule has 0 bridgehead atoms. The number of amides is 1. The lowest BCUT2D eigenvalue weighted by Gasteiger charge is -2.29. The van der Waals surface area contributed by atoms with Crippen LogP contribution in [0.2, 0.25) is 0 Å². The van der Waals surface area contributed by atoms with Crippen LogP contribution in [0.15, 0.2) is 6.33 Å². The second-order valence-electron chi connectivity index (χ2n) is 6.79. The van der Waals surface area contributed by atoms with Crippen LogP contribution in [0.1, 0.15) is 36.1 Å². The van der Waals surface area contributed by atoms with Crippen LogP contribution in [0, 0.1) is 0 Å². The molecule has 8 heteroatoms. The van der Waals surface area contributed by atoms with Crippen molar-refractivity contribution < 1.29 is 9.53 Å². The summed E-state index contributed by atoms with van der Waals surface area (Å²) in [6, 6.07) is 1.04. The fourth-order valence-electron chi connectivity index (χ4n) is 3.80. The van der Waals surface area contributed by atoms with Crippen LogP contribution in [0.5, 0.6) is 0 Å². The van der Waals surface area contributed by atoms with Gasteiger partial charge >= 0.3 is 0 Å². The third-order valence-corrected chi connectivity index (χ3v) is 6.38. The van der Waals surface area contributed by atoms with Crippen molar-refractivity contribution in [2.24, 2.45) is 5.73 Å². The molecule has 3 heterocycles. The van der Waals surface area contributed by atoms with Crippen molar-refractivity contribution in [1.29, 1.82) is 0 Å². The highest BCUT2D eigenvalue weighted by molar-refractivity contribution is 7.18. The molecule has 1 atom stereocenters. The van der Waals surface area contributed by atoms with Gasteiger partial charge in [0, 0.05) is 23.4 Å². The Kier molecular flexibility index (Phi) is 4.58. The normalized spacial score (nSPS) is 26.4. The summed E-state index contributed by atoms with van der Waals surface area (Å²) in [5.74, 6) is 0.460. The zero-order chi connectivity index (χ0) is 17.4. The summed E-state index contributed by atoms with van der Waals surface area (Å²) < 4.78 is 5.57. The lowest BCUT2D eigenvalue weighted by Crippen LogP contribution is -2.36. The Balaban J connectivity index is 1.62. The highest BCUT2D eigenvalue weighted by atomic mass is 32.1. The van der Waals surface area contributed by atoms with Crippen LogP contribution < -0.4 is 16.4 Å². The van der Waals surface area contributed by atoms with E-state index in [1.165, 1.54) is 12.8 Å². The molecule has 1 fully saturated rings. The monoisotopic (exact) mass is 361 g/mol. The molecule has 134 valence electrons. The zero-order valence-electron chi connectivity index (χ0n) is 14.2. The van der Waals surface area contributed by atoms with Gasteiger partial charge in [-0.25, -0.2) is 9.97 Å². The Hall–Kier alpha value is -1.77. The lowest BCUT2D eigenvalue weighted by molar-refractivity contribution is -0.130. The van der Waals surface area contributed by atoms with Crippen molar-refractivity contribution in [2.45, 2.75) is 56.9 Å². The average Bonchev–Trinajstić information content (AvgIpc) is 3.01. The van der Waals surface area contributed by atoms with Crippen molar-refractivity contribution >= 4 is 33.3 Å². The molecule has 4 rings (SSSR count). The highest BCUT2D eigenvalue weighted by Gasteiger charge is 2.29. The van der Waals surface area contributed by atoms with Crippen LogP contribution in [-0.4, -0.2) is 41.1 Å². The Morgan fingerprint density at radius 1 is 1.28 bits per heavy atom. The summed E-state index contributed by atoms with van der Waals surface area (Å²) in [4.78, 5) is 22.5. The molecule has 7 nitrogen and oxygen atoms in total. The number of carbonyl (C=O) groups excluding carboxylic acids is 1. The number of hydrogen-bond donors (Lipinski definition) is 3. The van der Waals surface area contributed by atoms with Gasteiger partial charge in [0.15, 0.2) is 0 Å². The first-order valence-corrected chi connectivity index (χ1v) is 9.57. The minimum absolute atomic E-state index is 0.413. The lowest BCUT2D eigenvalue weighted by atomic mass is 9.91. The second-order valence-corrected chi connectivity index (χ2v) is 7.88. The van der Waals surface area contributed by atoms with Crippen LogP contribution in [0.3, 0.4) is 0 Å². The fraction of sp³-hybridized carbons (Fsp3) is 0.588. The first kappa shape index (κ1) is 16.7. The Labute approximate surface area is 150 Å². The number of thiophene rings is 1. The number of nitrogens with two attached hydrogens (primary N) is 1. The summed E-state index contributed by atoms with van der Waals surface area (Å²) in [7, 11) is 2.03. The van der Waals surface area contributed by atoms with Crippen molar-refractivity contribution in [1.82, 2.24) is 15.3 Å². The third-order valence-electron chi connectivity index (χ3n) is 5.27. The molecule has 2 aliphatic rings. The van der Waals surface area contributed by atoms with Gasteiger partial charge in [-0.15, -0.1) is 11.3 Å². The predicted octanol–water partition coefficient (Wildman–Crippen LogP) is 1.56. The maximum absolute atomic E-state index is 11.5. The minimum Gasteiger partial charge on any atom is -0.367 e. The number of primary amides is 1. The van der Waals surface area contributed by atoms with Gasteiger partial charge in [-0.05, 0) is 38.3 Å². The number of anilines is 1. The van der Waals surface area contributed by atoms with Gasteiger partial charge in [0.25, 0.3) is 0 Å². The average molecular weight is 361 g/mol. The molecule has 25 heavy (non-hydrogen) atoms. The molecule has 2 aromatic heterocycles. The maximum atomic E-state index is 11.5. The largest absolute Gasteiger partial charge is 0.367 e. The Bertz CT molecular complexity index is 785. The summed E-state index contributed by atoms with van der Waals surface area (Å²) in [6.07, 6.45) is 6.12. The van der Waals surface area contributed by atoms with E-state index >= 15 is 0 Å². The van der Waals surface area contributed by atoms with Crippen LogP contribution >= 0.6 is 11.3 Å². The molecule has 0 saturated heterocycles. The molecule has 2 aromatic rings. The number of aromatic nitrogens is 2. The van der Waals surface area contributed by atoms with Crippen molar-refractivity contribution in [2.75, 3.05) is 12.4 Å². The third kappa shape index (κ3) is 3.21. The van der Waals surface area contributed by atoms with E-state index in [-0.39, 0.29) is 0 Å². The van der Waals surface area contributed by atoms with E-state index in [2.05, 4.69) is 20.6 Å². The molecule has 0 unspecified atom stereocenters. The summed E-state index contributed by atoms with van der Waals surface area (Å²) >= 11 is 1.62. The van der Waals surface area contributed by atoms with Gasteiger partial charge in [0.2, 0.25) is 5.91 Å². The van der Waals surface area contributed by atoms with Gasteiger partial charge in [0.05, 0.1) is 12.0 Å². The summed E-state index contributed by atoms with van der Waals surface area (Å²) in [5.41, 5.74) is 6.55. The zero-order valence-corrected chi connectivity index (χ0v) is 15.1. The molecule has 1 amide bonds. The summed E-state index contributed by atoms with van der Waals surface area (Å²) in [5, 5.41) is 8.02. The number of carbonyl (C=O) groups is 1. The first-order chi connectivity index (χ1) is 12.2. The Morgan fingerprint density at radius 3 is 2.76 bits per heavy atom. The second kappa shape index (κ2) is 6.86. The van der Waals surface area contributed by atoms with Crippen LogP contribution in [-0.2, 0) is 22.6 Å². The number of nitrogens with zero attached hydrogens (tertiary/aromatic N) is 2. The van der Waals surface area contributed by atoms with E-state index in [0.717, 1.165) is 39.3 Å². The number of ether oxygens (including phenoxy) is 1. The van der Waals surface area contributed by atoms with Crippen molar-refractivity contribution in [3.63, 3.8) is 0 Å². The molecule has 1 saturated carbocycles. The topological polar surface area (TPSA) is 102 Å². The van der Waals surface area contributed by atoms with Gasteiger partial charge in [-0.1, -0.05) is 0 Å². The van der Waals surface area contributed by atoms with E-state index in [9.17, 15) is 4.79 Å². The Morgan fingerprint density at radius 2 is 2.04 bits per heavy atom. The van der Waals surface area contributed by atoms with E-state index in [0.29, 0.717) is 25.1 Å². The van der Waals surface area contributed by atoms with Gasteiger partial charge in [-0.3, -0.25) is 4.79 Å². The quantitative estimate of drug-likeness (QED) is 0.764. The molecule has 1 aliphatic heterocycles. The molecular formula is C17H23N5O2S. The maximum Gasteiger partial charge on any atom is 0.246 e. The summed E-state index contributed by atoms with van der Waals surface area (Å²) in [6.45, 7) is 0.413. The van der Waals surface area contributed by atoms with Gasteiger partial charge in [-0.2, -0.15) is 0 Å². The van der Waals surface area contributed by atoms with Crippen molar-refractivity contribution in [3.8, 4) is 0 Å². The van der Waals surface area contributed by atoms with E-state index in [1.807, 2.05) is 7.05 Å². The molecule has 1 aliphatic carbocycles. The van der Waals surface area contributed by atoms with Crippen molar-refractivity contribution in [3.05, 3.63) is 16.8 Å². The number of rotatable bonds is 4. The predicted molar refractivity (Wildman–Crippen MR) is 97.6 cm³/mol. The van der Waals surface area contributed by atoms with E-state index in [1.54, 1.807) is 17.7 Å². The first-order valence-electron chi connectivity index (χ1n) is 8.75. The molecule has 4 N–H and O–H groups in total. The van der Waals surface area contributed by atoms with E-state index < -0.39 is 12.0 Å². The van der Waals surface area contributed by atoms with Gasteiger partial charge < -0.3 is 21.1 Å². The number of nitrogens with one attached hydrogen (secondary N) is 2. The van der Waals surface area contributed by atoms with E-state index in [4.69, 9.17) is 10.5 Å². The standard InChI is InChI=1S/C17H23N5O2S/c1-19-9-2-4-10(5-3-9)22-16-14-11-6-12(15(18)23)24-7-13(11)25-17(14)21-8-20-16/h8-10,12,19H,2-7H2,1H3,(H2,18,23)(H,20,21,22)/t9?,10?,12-/m1/s1. The molecule has 0 radical (unpaired) electrons. The highest BCUT2D eigenvalue weighted by Crippen LogP contribution is 2.38. The number of fused-ring (bicyclic) bond motifs is 3. The molecule has 0 aromatic carbocycles. The fourth-order valence-corrected chi connectivity index (χ4v) is 4.89. The minimum atomic E-state index is -0.565. The molecular weight excluding hydrogens is 338 g/mol. The number of hydrogen-bond acceptors (Lipinski definition) is 7. The SMILES string of the molecule is CNC1CCC(Nc2ncnc3sc4c(c23)C[C@H](C(N)=O)OC4)CC1.